The summed E-state index contributed by atoms with van der Waals surface area (Å²) in [6.45, 7) is 1.88. The molecule has 2 heterocycles. The van der Waals surface area contributed by atoms with Crippen LogP contribution in [0.1, 0.15) is 21.5 Å². The maximum absolute atomic E-state index is 12.9. The third-order valence-electron chi connectivity index (χ3n) is 4.59. The minimum atomic E-state index is -0.488. The first kappa shape index (κ1) is 19.7. The van der Waals surface area contributed by atoms with Gasteiger partial charge in [-0.3, -0.25) is 15.0 Å². The maximum atomic E-state index is 12.9. The molecule has 0 atom stereocenters. The molecule has 0 radical (unpaired) electrons. The standard InChI is InChI=1S/C21H16ClN3O2S2/c1-12-7-8-15(16(22)9-12)19(26)23-25-20(27)18(29-21(25)28)10-13-11-24(2)17-6-4-3-5-14(13)17/h3-11H,1-2H3,(H,23,26)/b18-10+. The zero-order valence-corrected chi connectivity index (χ0v) is 18.0. The Morgan fingerprint density at radius 3 is 2.76 bits per heavy atom. The zero-order valence-electron chi connectivity index (χ0n) is 15.6. The molecule has 0 unspecified atom stereocenters. The zero-order chi connectivity index (χ0) is 20.7. The van der Waals surface area contributed by atoms with Crippen LogP contribution in [0.25, 0.3) is 17.0 Å². The Morgan fingerprint density at radius 2 is 2.00 bits per heavy atom. The highest BCUT2D eigenvalue weighted by Crippen LogP contribution is 2.33. The van der Waals surface area contributed by atoms with Crippen molar-refractivity contribution in [2.75, 3.05) is 0 Å². The van der Waals surface area contributed by atoms with Crippen LogP contribution in [-0.2, 0) is 11.8 Å². The Balaban J connectivity index is 1.60. The number of rotatable bonds is 3. The lowest BCUT2D eigenvalue weighted by Crippen LogP contribution is -2.44. The summed E-state index contributed by atoms with van der Waals surface area (Å²) in [5.41, 5.74) is 5.77. The molecule has 1 aliphatic heterocycles. The second kappa shape index (κ2) is 7.67. The molecule has 29 heavy (non-hydrogen) atoms. The van der Waals surface area contributed by atoms with Crippen molar-refractivity contribution >= 4 is 68.7 Å². The highest BCUT2D eigenvalue weighted by molar-refractivity contribution is 8.26. The first-order chi connectivity index (χ1) is 13.8. The van der Waals surface area contributed by atoms with E-state index >= 15 is 0 Å². The highest BCUT2D eigenvalue weighted by Gasteiger charge is 2.34. The summed E-state index contributed by atoms with van der Waals surface area (Å²) >= 11 is 12.6. The molecular weight excluding hydrogens is 426 g/mol. The molecule has 1 aromatic heterocycles. The average Bonchev–Trinajstić information content (AvgIpc) is 3.13. The summed E-state index contributed by atoms with van der Waals surface area (Å²) < 4.78 is 2.27. The number of amides is 2. The Hall–Kier alpha value is -2.61. The summed E-state index contributed by atoms with van der Waals surface area (Å²) in [6.07, 6.45) is 3.76. The van der Waals surface area contributed by atoms with Crippen molar-refractivity contribution in [2.24, 2.45) is 7.05 Å². The second-order valence-electron chi connectivity index (χ2n) is 6.65. The normalized spacial score (nSPS) is 15.6. The smallest absolute Gasteiger partial charge is 0.285 e. The van der Waals surface area contributed by atoms with Crippen LogP contribution in [0.4, 0.5) is 0 Å². The van der Waals surface area contributed by atoms with Gasteiger partial charge in [0.2, 0.25) is 0 Å². The monoisotopic (exact) mass is 441 g/mol. The number of benzene rings is 2. The van der Waals surface area contributed by atoms with Crippen molar-refractivity contribution in [2.45, 2.75) is 6.92 Å². The van der Waals surface area contributed by atoms with Gasteiger partial charge in [0, 0.05) is 29.7 Å². The molecule has 0 spiro atoms. The second-order valence-corrected chi connectivity index (χ2v) is 8.74. The lowest BCUT2D eigenvalue weighted by molar-refractivity contribution is -0.123. The SMILES string of the molecule is Cc1ccc(C(=O)NN2C(=O)/C(=C\c3cn(C)c4ccccc34)SC2=S)c(Cl)c1. The van der Waals surface area contributed by atoms with E-state index in [9.17, 15) is 9.59 Å². The number of nitrogens with one attached hydrogen (secondary N) is 1. The number of hydrogen-bond acceptors (Lipinski definition) is 4. The van der Waals surface area contributed by atoms with Gasteiger partial charge in [-0.1, -0.05) is 47.6 Å². The van der Waals surface area contributed by atoms with E-state index in [2.05, 4.69) is 5.43 Å². The number of nitrogens with zero attached hydrogens (tertiary/aromatic N) is 2. The number of para-hydroxylation sites is 1. The molecule has 1 N–H and O–H groups in total. The number of aromatic nitrogens is 1. The van der Waals surface area contributed by atoms with Gasteiger partial charge in [-0.05, 0) is 49.0 Å². The number of thiocarbonyl (C=S) groups is 1. The van der Waals surface area contributed by atoms with Gasteiger partial charge in [-0.15, -0.1) is 0 Å². The van der Waals surface area contributed by atoms with Crippen LogP contribution < -0.4 is 5.43 Å². The molecule has 0 bridgehead atoms. The number of carbonyl (C=O) groups is 2. The van der Waals surface area contributed by atoms with Crippen LogP contribution in [0.3, 0.4) is 0 Å². The predicted octanol–water partition coefficient (Wildman–Crippen LogP) is 4.69. The fourth-order valence-electron chi connectivity index (χ4n) is 3.16. The molecule has 0 saturated carbocycles. The average molecular weight is 442 g/mol. The fraction of sp³-hybridized carbons (Fsp3) is 0.0952. The molecular formula is C21H16ClN3O2S2. The number of thioether (sulfide) groups is 1. The van der Waals surface area contributed by atoms with E-state index in [0.29, 0.717) is 9.93 Å². The molecule has 1 saturated heterocycles. The number of aryl methyl sites for hydroxylation is 2. The Morgan fingerprint density at radius 1 is 1.24 bits per heavy atom. The van der Waals surface area contributed by atoms with Crippen molar-refractivity contribution in [3.05, 3.63) is 75.3 Å². The minimum absolute atomic E-state index is 0.262. The number of fused-ring (bicyclic) bond motifs is 1. The van der Waals surface area contributed by atoms with E-state index in [1.165, 1.54) is 0 Å². The molecule has 4 rings (SSSR count). The van der Waals surface area contributed by atoms with Gasteiger partial charge in [0.15, 0.2) is 4.32 Å². The van der Waals surface area contributed by atoms with Crippen LogP contribution in [-0.4, -0.2) is 25.7 Å². The van der Waals surface area contributed by atoms with E-state index in [0.717, 1.165) is 38.8 Å². The maximum Gasteiger partial charge on any atom is 0.285 e. The minimum Gasteiger partial charge on any atom is -0.350 e. The summed E-state index contributed by atoms with van der Waals surface area (Å²) in [6, 6.07) is 13.0. The van der Waals surface area contributed by atoms with Gasteiger partial charge in [0.1, 0.15) is 0 Å². The Bertz CT molecular complexity index is 1220. The topological polar surface area (TPSA) is 54.3 Å². The lowest BCUT2D eigenvalue weighted by Gasteiger charge is -2.16. The van der Waals surface area contributed by atoms with Crippen molar-refractivity contribution < 1.29 is 9.59 Å². The van der Waals surface area contributed by atoms with E-state index < -0.39 is 5.91 Å². The molecule has 1 aliphatic rings. The molecule has 146 valence electrons. The Kier molecular flexibility index (Phi) is 5.21. The molecule has 3 aromatic rings. The first-order valence-electron chi connectivity index (χ1n) is 8.74. The van der Waals surface area contributed by atoms with E-state index in [1.807, 2.05) is 49.0 Å². The van der Waals surface area contributed by atoms with E-state index in [1.54, 1.807) is 24.3 Å². The van der Waals surface area contributed by atoms with E-state index in [4.69, 9.17) is 23.8 Å². The van der Waals surface area contributed by atoms with Gasteiger partial charge in [-0.25, -0.2) is 0 Å². The molecule has 5 nitrogen and oxygen atoms in total. The first-order valence-corrected chi connectivity index (χ1v) is 10.3. The predicted molar refractivity (Wildman–Crippen MR) is 122 cm³/mol. The number of carbonyl (C=O) groups excluding carboxylic acids is 2. The van der Waals surface area contributed by atoms with Crippen LogP contribution in [0.2, 0.25) is 5.02 Å². The molecule has 0 aliphatic carbocycles. The van der Waals surface area contributed by atoms with Crippen LogP contribution in [0, 0.1) is 6.92 Å². The van der Waals surface area contributed by atoms with Crippen molar-refractivity contribution in [1.29, 1.82) is 0 Å². The van der Waals surface area contributed by atoms with Gasteiger partial charge in [0.25, 0.3) is 11.8 Å². The summed E-state index contributed by atoms with van der Waals surface area (Å²) in [5.74, 6) is -0.859. The van der Waals surface area contributed by atoms with Gasteiger partial charge in [-0.2, -0.15) is 5.01 Å². The number of hydrazine groups is 1. The molecule has 1 fully saturated rings. The van der Waals surface area contributed by atoms with E-state index in [-0.39, 0.29) is 15.8 Å². The molecule has 2 aromatic carbocycles. The van der Waals surface area contributed by atoms with Gasteiger partial charge >= 0.3 is 0 Å². The van der Waals surface area contributed by atoms with Crippen LogP contribution >= 0.6 is 35.6 Å². The molecule has 8 heteroatoms. The highest BCUT2D eigenvalue weighted by atomic mass is 35.5. The third kappa shape index (κ3) is 3.69. The third-order valence-corrected chi connectivity index (χ3v) is 6.21. The van der Waals surface area contributed by atoms with Crippen molar-refractivity contribution in [1.82, 2.24) is 15.0 Å². The number of halogens is 1. The van der Waals surface area contributed by atoms with Crippen molar-refractivity contribution in [3.8, 4) is 0 Å². The summed E-state index contributed by atoms with van der Waals surface area (Å²) in [7, 11) is 1.95. The summed E-state index contributed by atoms with van der Waals surface area (Å²) in [5, 5.41) is 2.45. The van der Waals surface area contributed by atoms with Crippen LogP contribution in [0.5, 0.6) is 0 Å². The number of hydrogen-bond donors (Lipinski definition) is 1. The van der Waals surface area contributed by atoms with Gasteiger partial charge < -0.3 is 4.57 Å². The Labute approximate surface area is 182 Å². The molecule has 2 amide bonds. The van der Waals surface area contributed by atoms with Crippen molar-refractivity contribution in [3.63, 3.8) is 0 Å². The van der Waals surface area contributed by atoms with Crippen LogP contribution in [0.15, 0.2) is 53.6 Å². The largest absolute Gasteiger partial charge is 0.350 e. The van der Waals surface area contributed by atoms with Gasteiger partial charge in [0.05, 0.1) is 15.5 Å². The fourth-order valence-corrected chi connectivity index (χ4v) is 4.65. The quantitative estimate of drug-likeness (QED) is 0.473. The lowest BCUT2D eigenvalue weighted by atomic mass is 10.1. The summed E-state index contributed by atoms with van der Waals surface area (Å²) in [4.78, 5) is 25.9.